The van der Waals surface area contributed by atoms with Crippen molar-refractivity contribution in [1.82, 2.24) is 9.97 Å². The van der Waals surface area contributed by atoms with Gasteiger partial charge in [0, 0.05) is 11.8 Å². The summed E-state index contributed by atoms with van der Waals surface area (Å²) in [5, 5.41) is 2.87. The molecule has 1 heterocycles. The number of amides is 1. The van der Waals surface area contributed by atoms with E-state index >= 15 is 0 Å². The summed E-state index contributed by atoms with van der Waals surface area (Å²) >= 11 is 1.21. The number of aromatic amines is 1. The Kier molecular flexibility index (Phi) is 7.41. The molecule has 1 unspecified atom stereocenters. The molecule has 0 spiro atoms. The molecule has 0 radical (unpaired) electrons. The van der Waals surface area contributed by atoms with Gasteiger partial charge in [0.2, 0.25) is 5.91 Å². The summed E-state index contributed by atoms with van der Waals surface area (Å²) in [6.45, 7) is 7.96. The third-order valence-electron chi connectivity index (χ3n) is 3.62. The number of hydrogen-bond acceptors (Lipinski definition) is 5. The molecule has 2 rings (SSSR count). The lowest BCUT2D eigenvalue weighted by Gasteiger charge is -2.12. The van der Waals surface area contributed by atoms with Crippen molar-refractivity contribution in [2.75, 3.05) is 5.32 Å². The standard InChI is InChI=1S/C19H25N3O3S/c1-5-14-6-8-15(9-7-14)20-18(24)13(4)26-19-21-16(10-17(23)22-19)11-25-12(2)3/h6-10,12-13H,5,11H2,1-4H3,(H,20,24)(H,21,22,23). The van der Waals surface area contributed by atoms with E-state index in [1.807, 2.05) is 38.1 Å². The van der Waals surface area contributed by atoms with Crippen LogP contribution in [0.3, 0.4) is 0 Å². The van der Waals surface area contributed by atoms with Gasteiger partial charge in [-0.2, -0.15) is 0 Å². The predicted octanol–water partition coefficient (Wildman–Crippen LogP) is 3.38. The summed E-state index contributed by atoms with van der Waals surface area (Å²) in [6, 6.07) is 9.16. The van der Waals surface area contributed by atoms with Crippen molar-refractivity contribution < 1.29 is 9.53 Å². The minimum Gasteiger partial charge on any atom is -0.373 e. The van der Waals surface area contributed by atoms with Crippen LogP contribution in [0.5, 0.6) is 0 Å². The third-order valence-corrected chi connectivity index (χ3v) is 4.61. The van der Waals surface area contributed by atoms with E-state index in [4.69, 9.17) is 4.74 Å². The van der Waals surface area contributed by atoms with Gasteiger partial charge in [-0.15, -0.1) is 0 Å². The lowest BCUT2D eigenvalue weighted by molar-refractivity contribution is -0.115. The smallest absolute Gasteiger partial charge is 0.251 e. The number of carbonyl (C=O) groups is 1. The summed E-state index contributed by atoms with van der Waals surface area (Å²) in [5.41, 5.74) is 2.26. The van der Waals surface area contributed by atoms with Gasteiger partial charge in [0.05, 0.1) is 23.7 Å². The SMILES string of the molecule is CCc1ccc(NC(=O)C(C)Sc2nc(COC(C)C)cc(=O)[nH]2)cc1. The van der Waals surface area contributed by atoms with E-state index in [1.165, 1.54) is 23.4 Å². The maximum absolute atomic E-state index is 12.4. The molecule has 0 saturated carbocycles. The van der Waals surface area contributed by atoms with Crippen molar-refractivity contribution in [3.8, 4) is 0 Å². The third kappa shape index (κ3) is 6.31. The van der Waals surface area contributed by atoms with Gasteiger partial charge in [0.15, 0.2) is 5.16 Å². The number of benzene rings is 1. The molecule has 0 bridgehead atoms. The van der Waals surface area contributed by atoms with Crippen LogP contribution in [0.2, 0.25) is 0 Å². The fourth-order valence-corrected chi connectivity index (χ4v) is 2.98. The Morgan fingerprint density at radius 1 is 1.27 bits per heavy atom. The number of thioether (sulfide) groups is 1. The molecule has 26 heavy (non-hydrogen) atoms. The normalized spacial score (nSPS) is 12.2. The Labute approximate surface area is 157 Å². The van der Waals surface area contributed by atoms with E-state index in [2.05, 4.69) is 22.2 Å². The molecule has 1 amide bonds. The Morgan fingerprint density at radius 2 is 1.96 bits per heavy atom. The molecule has 7 heteroatoms. The Hall–Kier alpha value is -2.12. The van der Waals surface area contributed by atoms with Crippen molar-refractivity contribution in [2.24, 2.45) is 0 Å². The highest BCUT2D eigenvalue weighted by Gasteiger charge is 2.16. The van der Waals surface area contributed by atoms with E-state index < -0.39 is 5.25 Å². The van der Waals surface area contributed by atoms with Gasteiger partial charge in [-0.25, -0.2) is 4.98 Å². The first-order chi connectivity index (χ1) is 12.4. The molecule has 1 aromatic carbocycles. The minimum absolute atomic E-state index is 0.0518. The van der Waals surface area contributed by atoms with Crippen molar-refractivity contribution in [2.45, 2.75) is 57.2 Å². The molecular weight excluding hydrogens is 350 g/mol. The summed E-state index contributed by atoms with van der Waals surface area (Å²) < 4.78 is 5.48. The summed E-state index contributed by atoms with van der Waals surface area (Å²) in [5.74, 6) is -0.147. The van der Waals surface area contributed by atoms with Crippen LogP contribution < -0.4 is 10.9 Å². The van der Waals surface area contributed by atoms with Crippen LogP contribution >= 0.6 is 11.8 Å². The van der Waals surface area contributed by atoms with E-state index in [1.54, 1.807) is 6.92 Å². The molecule has 1 aromatic heterocycles. The highest BCUT2D eigenvalue weighted by atomic mass is 32.2. The number of H-pyrrole nitrogens is 1. The van der Waals surface area contributed by atoms with Crippen LogP contribution in [0.15, 0.2) is 40.3 Å². The monoisotopic (exact) mass is 375 g/mol. The average Bonchev–Trinajstić information content (AvgIpc) is 2.60. The number of anilines is 1. The highest BCUT2D eigenvalue weighted by Crippen LogP contribution is 2.20. The van der Waals surface area contributed by atoms with Crippen LogP contribution in [0.25, 0.3) is 0 Å². The van der Waals surface area contributed by atoms with Crippen LogP contribution in [0, 0.1) is 0 Å². The van der Waals surface area contributed by atoms with Gasteiger partial charge in [-0.1, -0.05) is 30.8 Å². The molecule has 0 aliphatic rings. The zero-order chi connectivity index (χ0) is 19.1. The zero-order valence-corrected chi connectivity index (χ0v) is 16.4. The second-order valence-electron chi connectivity index (χ2n) is 6.20. The molecule has 140 valence electrons. The van der Waals surface area contributed by atoms with Gasteiger partial charge in [0.25, 0.3) is 5.56 Å². The van der Waals surface area contributed by atoms with Crippen molar-refractivity contribution in [3.05, 3.63) is 51.9 Å². The first kappa shape index (κ1) is 20.2. The molecule has 0 fully saturated rings. The minimum atomic E-state index is -0.412. The Bertz CT molecular complexity index is 787. The van der Waals surface area contributed by atoms with Crippen LogP contribution in [0.1, 0.15) is 39.0 Å². The van der Waals surface area contributed by atoms with E-state index in [-0.39, 0.29) is 24.2 Å². The lowest BCUT2D eigenvalue weighted by atomic mass is 10.1. The van der Waals surface area contributed by atoms with Crippen LogP contribution in [-0.4, -0.2) is 27.2 Å². The molecular formula is C19H25N3O3S. The van der Waals surface area contributed by atoms with Gasteiger partial charge in [-0.05, 0) is 44.9 Å². The van der Waals surface area contributed by atoms with Gasteiger partial charge in [-0.3, -0.25) is 9.59 Å². The molecule has 0 saturated heterocycles. The topological polar surface area (TPSA) is 84.1 Å². The van der Waals surface area contributed by atoms with E-state index in [9.17, 15) is 9.59 Å². The average molecular weight is 375 g/mol. The largest absolute Gasteiger partial charge is 0.373 e. The number of hydrogen-bond donors (Lipinski definition) is 2. The van der Waals surface area contributed by atoms with Crippen LogP contribution in [-0.2, 0) is 22.6 Å². The number of aryl methyl sites for hydroxylation is 1. The fraction of sp³-hybridized carbons (Fsp3) is 0.421. The molecule has 2 N–H and O–H groups in total. The number of rotatable bonds is 8. The maximum atomic E-state index is 12.4. The molecule has 6 nitrogen and oxygen atoms in total. The van der Waals surface area contributed by atoms with Crippen molar-refractivity contribution in [3.63, 3.8) is 0 Å². The first-order valence-corrected chi connectivity index (χ1v) is 9.53. The van der Waals surface area contributed by atoms with Crippen molar-refractivity contribution >= 4 is 23.4 Å². The second-order valence-corrected chi connectivity index (χ2v) is 7.53. The quantitative estimate of drug-likeness (QED) is 0.546. The van der Waals surface area contributed by atoms with E-state index in [0.717, 1.165) is 12.1 Å². The summed E-state index contributed by atoms with van der Waals surface area (Å²) in [4.78, 5) is 31.2. The lowest BCUT2D eigenvalue weighted by Crippen LogP contribution is -2.23. The molecule has 0 aliphatic carbocycles. The summed E-state index contributed by atoms with van der Waals surface area (Å²) in [6.07, 6.45) is 1.01. The number of nitrogens with one attached hydrogen (secondary N) is 2. The van der Waals surface area contributed by atoms with Gasteiger partial charge >= 0.3 is 0 Å². The number of aromatic nitrogens is 2. The number of ether oxygens (including phenoxy) is 1. The molecule has 1 atom stereocenters. The highest BCUT2D eigenvalue weighted by molar-refractivity contribution is 8.00. The van der Waals surface area contributed by atoms with E-state index in [0.29, 0.717) is 10.9 Å². The second kappa shape index (κ2) is 9.54. The predicted molar refractivity (Wildman–Crippen MR) is 105 cm³/mol. The number of carbonyl (C=O) groups excluding carboxylic acids is 1. The van der Waals surface area contributed by atoms with Crippen LogP contribution in [0.4, 0.5) is 5.69 Å². The number of nitrogens with zero attached hydrogens (tertiary/aromatic N) is 1. The molecule has 0 aliphatic heterocycles. The zero-order valence-electron chi connectivity index (χ0n) is 15.5. The fourth-order valence-electron chi connectivity index (χ4n) is 2.15. The van der Waals surface area contributed by atoms with Gasteiger partial charge in [0.1, 0.15) is 0 Å². The summed E-state index contributed by atoms with van der Waals surface area (Å²) in [7, 11) is 0. The Balaban J connectivity index is 2.00. The molecule has 2 aromatic rings. The maximum Gasteiger partial charge on any atom is 0.251 e. The Morgan fingerprint density at radius 3 is 2.58 bits per heavy atom. The van der Waals surface area contributed by atoms with Gasteiger partial charge < -0.3 is 15.0 Å². The van der Waals surface area contributed by atoms with Crippen molar-refractivity contribution in [1.29, 1.82) is 0 Å². The first-order valence-electron chi connectivity index (χ1n) is 8.65.